The first kappa shape index (κ1) is 46.6. The molecule has 5 rings (SSSR count). The smallest absolute Gasteiger partial charge is 0.416 e. The van der Waals surface area contributed by atoms with Crippen molar-refractivity contribution in [1.82, 2.24) is 19.4 Å². The zero-order valence-corrected chi connectivity index (χ0v) is 32.4. The van der Waals surface area contributed by atoms with E-state index >= 15 is 0 Å². The molecule has 0 spiro atoms. The first-order chi connectivity index (χ1) is 28.3. The maximum atomic E-state index is 14.5. The van der Waals surface area contributed by atoms with Crippen LogP contribution in [0.15, 0.2) is 89.7 Å². The third-order valence-electron chi connectivity index (χ3n) is 9.56. The molecule has 2 atom stereocenters. The molecule has 4 N–H and O–H groups in total. The summed E-state index contributed by atoms with van der Waals surface area (Å²) in [5.74, 6) is -7.11. The predicted octanol–water partition coefficient (Wildman–Crippen LogP) is 5.53. The maximum absolute atomic E-state index is 14.5. The fourth-order valence-corrected chi connectivity index (χ4v) is 6.15. The monoisotopic (exact) mass is 844 g/mol. The summed E-state index contributed by atoms with van der Waals surface area (Å²) in [6.07, 6.45) is -9.20. The van der Waals surface area contributed by atoms with Crippen molar-refractivity contribution in [2.45, 2.75) is 58.2 Å². The summed E-state index contributed by atoms with van der Waals surface area (Å²) in [7, 11) is 0. The lowest BCUT2D eigenvalue weighted by Gasteiger charge is -2.28. The van der Waals surface area contributed by atoms with Crippen molar-refractivity contribution in [3.63, 3.8) is 0 Å². The molecule has 0 saturated carbocycles. The van der Waals surface area contributed by atoms with Gasteiger partial charge in [0.2, 0.25) is 5.91 Å². The van der Waals surface area contributed by atoms with E-state index < -0.39 is 58.9 Å². The molecule has 0 aliphatic heterocycles. The van der Waals surface area contributed by atoms with Gasteiger partial charge in [0, 0.05) is 32.1 Å². The number of aliphatic carboxylic acids is 2. The molecule has 320 valence electrons. The van der Waals surface area contributed by atoms with Gasteiger partial charge in [-0.25, -0.2) is 22.8 Å². The molecule has 0 aliphatic carbocycles. The lowest BCUT2D eigenvalue weighted by atomic mass is 10.0. The number of carboxylic acids is 2. The van der Waals surface area contributed by atoms with Crippen LogP contribution < -0.4 is 5.56 Å². The van der Waals surface area contributed by atoms with Crippen LogP contribution in [0.5, 0.6) is 0 Å². The molecular weight excluding hydrogens is 802 g/mol. The number of amides is 1. The standard InChI is InChI=1S/C38H36F6N4O2.C4H6O6/c1-3-46(4-2)19-20-47(23-25-9-11-26(12-10-25)27-13-16-29(17-14-27)38(42,43)44)35(49)24-48-33-8-6-5-7-31(33)37(50)45-34(48)18-15-28-21-30(39)22-32(40)36(28)41;5-1(3(7)8)2(6)4(9)10/h5-14,16-17,21-22H,3-4,15,18-20,23-24H2,1-2H3;1-2,5-6H,(H,7,8)(H,9,10)/t;1-,2-/m.1/s1. The van der Waals surface area contributed by atoms with E-state index in [1.165, 1.54) is 12.1 Å². The minimum absolute atomic E-state index is 0.0714. The minimum Gasteiger partial charge on any atom is -0.479 e. The highest BCUT2D eigenvalue weighted by molar-refractivity contribution is 5.83. The highest BCUT2D eigenvalue weighted by Crippen LogP contribution is 2.31. The number of rotatable bonds is 16. The number of carbonyl (C=O) groups excluding carboxylic acids is 1. The minimum atomic E-state index is -4.43. The molecule has 0 radical (unpaired) electrons. The van der Waals surface area contributed by atoms with Crippen LogP contribution >= 0.6 is 0 Å². The second kappa shape index (κ2) is 20.7. The molecular formula is C42H42F6N4O8. The summed E-state index contributed by atoms with van der Waals surface area (Å²) in [5, 5.41) is 32.8. The number of aliphatic hydroxyl groups is 2. The van der Waals surface area contributed by atoms with Crippen LogP contribution in [0.3, 0.4) is 0 Å². The number of fused-ring (bicyclic) bond motifs is 1. The molecule has 1 aromatic heterocycles. The van der Waals surface area contributed by atoms with Crippen molar-refractivity contribution in [2.75, 3.05) is 26.2 Å². The van der Waals surface area contributed by atoms with Gasteiger partial charge in [-0.1, -0.05) is 62.4 Å². The van der Waals surface area contributed by atoms with Crippen LogP contribution in [-0.2, 0) is 46.5 Å². The molecule has 0 aliphatic rings. The normalized spacial score (nSPS) is 12.4. The van der Waals surface area contributed by atoms with Crippen LogP contribution in [0.4, 0.5) is 26.3 Å². The summed E-state index contributed by atoms with van der Waals surface area (Å²) in [6.45, 7) is 6.55. The number of aromatic nitrogens is 2. The van der Waals surface area contributed by atoms with Gasteiger partial charge >= 0.3 is 18.1 Å². The Balaban J connectivity index is 0.000000703. The summed E-state index contributed by atoms with van der Waals surface area (Å²) in [5.41, 5.74) is 1.06. The largest absolute Gasteiger partial charge is 0.479 e. The van der Waals surface area contributed by atoms with Crippen molar-refractivity contribution in [1.29, 1.82) is 0 Å². The molecule has 0 fully saturated rings. The lowest BCUT2D eigenvalue weighted by molar-refractivity contribution is -0.165. The van der Waals surface area contributed by atoms with Crippen LogP contribution in [0.1, 0.15) is 36.4 Å². The molecule has 0 unspecified atom stereocenters. The van der Waals surface area contributed by atoms with Gasteiger partial charge in [-0.3, -0.25) is 9.59 Å². The number of carbonyl (C=O) groups is 3. The highest BCUT2D eigenvalue weighted by Gasteiger charge is 2.30. The second-order valence-electron chi connectivity index (χ2n) is 13.5. The number of aliphatic hydroxyl groups excluding tert-OH is 2. The van der Waals surface area contributed by atoms with Gasteiger partial charge in [0.15, 0.2) is 23.8 Å². The third kappa shape index (κ3) is 12.2. The molecule has 1 heterocycles. The van der Waals surface area contributed by atoms with Crippen molar-refractivity contribution in [2.24, 2.45) is 0 Å². The Bertz CT molecular complexity index is 2320. The van der Waals surface area contributed by atoms with Gasteiger partial charge in [0.05, 0.1) is 16.5 Å². The van der Waals surface area contributed by atoms with Crippen molar-refractivity contribution in [3.05, 3.63) is 135 Å². The number of nitrogens with zero attached hydrogens (tertiary/aromatic N) is 4. The molecule has 18 heteroatoms. The van der Waals surface area contributed by atoms with Gasteiger partial charge < -0.3 is 34.8 Å². The first-order valence-electron chi connectivity index (χ1n) is 18.5. The average Bonchev–Trinajstić information content (AvgIpc) is 3.22. The Morgan fingerprint density at radius 2 is 1.35 bits per heavy atom. The number of halogens is 6. The van der Waals surface area contributed by atoms with E-state index in [1.807, 2.05) is 26.0 Å². The topological polar surface area (TPSA) is 174 Å². The average molecular weight is 845 g/mol. The number of hydrogen-bond donors (Lipinski definition) is 4. The van der Waals surface area contributed by atoms with E-state index in [-0.39, 0.29) is 48.6 Å². The first-order valence-corrected chi connectivity index (χ1v) is 18.5. The Morgan fingerprint density at radius 3 is 1.90 bits per heavy atom. The lowest BCUT2D eigenvalue weighted by Crippen LogP contribution is -2.40. The fourth-order valence-electron chi connectivity index (χ4n) is 6.15. The summed E-state index contributed by atoms with van der Waals surface area (Å²) < 4.78 is 83.0. The number of para-hydroxylation sites is 1. The number of hydrogen-bond acceptors (Lipinski definition) is 8. The van der Waals surface area contributed by atoms with E-state index in [0.29, 0.717) is 35.8 Å². The van der Waals surface area contributed by atoms with Crippen molar-refractivity contribution in [3.8, 4) is 11.1 Å². The summed E-state index contributed by atoms with van der Waals surface area (Å²) in [6, 6.07) is 20.1. The van der Waals surface area contributed by atoms with Crippen LogP contribution in [0.25, 0.3) is 22.0 Å². The molecule has 1 amide bonds. The van der Waals surface area contributed by atoms with E-state index in [2.05, 4.69) is 9.88 Å². The Hall–Kier alpha value is -6.11. The van der Waals surface area contributed by atoms with E-state index in [0.717, 1.165) is 36.9 Å². The molecule has 12 nitrogen and oxygen atoms in total. The fraction of sp³-hybridized carbons (Fsp3) is 0.310. The van der Waals surface area contributed by atoms with Gasteiger partial charge in [0.25, 0.3) is 5.56 Å². The van der Waals surface area contributed by atoms with Crippen LogP contribution in [-0.4, -0.2) is 96.0 Å². The van der Waals surface area contributed by atoms with Crippen LogP contribution in [0.2, 0.25) is 0 Å². The Labute approximate surface area is 339 Å². The molecule has 60 heavy (non-hydrogen) atoms. The van der Waals surface area contributed by atoms with Gasteiger partial charge in [-0.15, -0.1) is 0 Å². The predicted molar refractivity (Wildman–Crippen MR) is 207 cm³/mol. The van der Waals surface area contributed by atoms with Crippen molar-refractivity contribution < 1.29 is 61.2 Å². The third-order valence-corrected chi connectivity index (χ3v) is 9.56. The number of likely N-dealkylation sites (N-methyl/N-ethyl adjacent to an activating group) is 1. The molecule has 4 aromatic carbocycles. The van der Waals surface area contributed by atoms with Crippen LogP contribution in [0, 0.1) is 17.5 Å². The quantitative estimate of drug-likeness (QED) is 0.0731. The number of alkyl halides is 3. The number of aryl methyl sites for hydroxylation is 2. The zero-order valence-electron chi connectivity index (χ0n) is 32.4. The SMILES string of the molecule is CCN(CC)CCN(Cc1ccc(-c2ccc(C(F)(F)F)cc2)cc1)C(=O)Cn1c(CCc2cc(F)cc(F)c2F)nc(=O)c2ccccc21.O=C(O)[C@H](O)[C@@H](O)C(=O)O. The number of benzene rings is 4. The van der Waals surface area contributed by atoms with Crippen molar-refractivity contribution >= 4 is 28.7 Å². The maximum Gasteiger partial charge on any atom is 0.416 e. The second-order valence-corrected chi connectivity index (χ2v) is 13.5. The summed E-state index contributed by atoms with van der Waals surface area (Å²) >= 11 is 0. The molecule has 0 bridgehead atoms. The summed E-state index contributed by atoms with van der Waals surface area (Å²) in [4.78, 5) is 54.7. The van der Waals surface area contributed by atoms with Gasteiger partial charge in [0.1, 0.15) is 18.2 Å². The molecule has 5 aromatic rings. The Morgan fingerprint density at radius 1 is 0.783 bits per heavy atom. The molecule has 0 saturated heterocycles. The van der Waals surface area contributed by atoms with E-state index in [1.54, 1.807) is 45.9 Å². The number of carboxylic acid groups (broad SMARTS) is 2. The highest BCUT2D eigenvalue weighted by atomic mass is 19.4. The van der Waals surface area contributed by atoms with E-state index in [4.69, 9.17) is 20.4 Å². The van der Waals surface area contributed by atoms with Gasteiger partial charge in [-0.2, -0.15) is 18.2 Å². The van der Waals surface area contributed by atoms with E-state index in [9.17, 15) is 45.5 Å². The zero-order chi connectivity index (χ0) is 44.3. The Kier molecular flexibility index (Phi) is 16.1. The van der Waals surface area contributed by atoms with Gasteiger partial charge in [-0.05, 0) is 72.1 Å².